The van der Waals surface area contributed by atoms with E-state index in [-0.39, 0.29) is 17.9 Å². The number of carboxylic acids is 1. The van der Waals surface area contributed by atoms with Gasteiger partial charge < -0.3 is 15.7 Å². The SMILES string of the molecule is CC1(C(=O)O)CCN(C(=O)C2CCC(N)C2)CC1. The lowest BCUT2D eigenvalue weighted by Gasteiger charge is -2.37. The van der Waals surface area contributed by atoms with Gasteiger partial charge >= 0.3 is 5.97 Å². The number of carbonyl (C=O) groups is 2. The second-order valence-electron chi connectivity index (χ2n) is 5.96. The number of carbonyl (C=O) groups excluding carboxylic acids is 1. The summed E-state index contributed by atoms with van der Waals surface area (Å²) < 4.78 is 0. The normalized spacial score (nSPS) is 31.3. The van der Waals surface area contributed by atoms with Crippen LogP contribution in [0.5, 0.6) is 0 Å². The van der Waals surface area contributed by atoms with Gasteiger partial charge in [-0.15, -0.1) is 0 Å². The highest BCUT2D eigenvalue weighted by Crippen LogP contribution is 2.33. The highest BCUT2D eigenvalue weighted by atomic mass is 16.4. The van der Waals surface area contributed by atoms with E-state index in [9.17, 15) is 9.59 Å². The van der Waals surface area contributed by atoms with E-state index in [4.69, 9.17) is 10.8 Å². The lowest BCUT2D eigenvalue weighted by Crippen LogP contribution is -2.46. The summed E-state index contributed by atoms with van der Waals surface area (Å²) in [4.78, 5) is 25.2. The summed E-state index contributed by atoms with van der Waals surface area (Å²) >= 11 is 0. The third-order valence-electron chi connectivity index (χ3n) is 4.52. The number of aliphatic carboxylic acids is 1. The number of nitrogens with zero attached hydrogens (tertiary/aromatic N) is 1. The Morgan fingerprint density at radius 3 is 2.33 bits per heavy atom. The van der Waals surface area contributed by atoms with E-state index in [0.29, 0.717) is 25.9 Å². The summed E-state index contributed by atoms with van der Waals surface area (Å²) in [6, 6.07) is 0.160. The maximum atomic E-state index is 12.2. The predicted octanol–water partition coefficient (Wildman–Crippen LogP) is 0.827. The van der Waals surface area contributed by atoms with E-state index >= 15 is 0 Å². The van der Waals surface area contributed by atoms with Crippen LogP contribution in [0.25, 0.3) is 0 Å². The van der Waals surface area contributed by atoms with E-state index in [1.807, 2.05) is 4.90 Å². The van der Waals surface area contributed by atoms with Gasteiger partial charge in [-0.05, 0) is 39.0 Å². The average molecular weight is 254 g/mol. The summed E-state index contributed by atoms with van der Waals surface area (Å²) in [6.45, 7) is 2.89. The first-order valence-corrected chi connectivity index (χ1v) is 6.70. The number of hydrogen-bond acceptors (Lipinski definition) is 3. The number of amides is 1. The van der Waals surface area contributed by atoms with Gasteiger partial charge in [-0.3, -0.25) is 9.59 Å². The van der Waals surface area contributed by atoms with Gasteiger partial charge in [-0.1, -0.05) is 0 Å². The molecule has 0 bridgehead atoms. The van der Waals surface area contributed by atoms with Crippen molar-refractivity contribution in [2.75, 3.05) is 13.1 Å². The van der Waals surface area contributed by atoms with Crippen molar-refractivity contribution in [2.24, 2.45) is 17.1 Å². The zero-order valence-electron chi connectivity index (χ0n) is 10.9. The molecule has 5 nitrogen and oxygen atoms in total. The van der Waals surface area contributed by atoms with Crippen LogP contribution >= 0.6 is 0 Å². The molecule has 1 saturated heterocycles. The molecule has 1 heterocycles. The number of likely N-dealkylation sites (tertiary alicyclic amines) is 1. The van der Waals surface area contributed by atoms with Crippen LogP contribution in [0.3, 0.4) is 0 Å². The fraction of sp³-hybridized carbons (Fsp3) is 0.846. The molecule has 5 heteroatoms. The van der Waals surface area contributed by atoms with Crippen LogP contribution in [0.4, 0.5) is 0 Å². The molecule has 102 valence electrons. The number of hydrogen-bond donors (Lipinski definition) is 2. The Morgan fingerprint density at radius 2 is 1.89 bits per heavy atom. The van der Waals surface area contributed by atoms with Gasteiger partial charge in [-0.25, -0.2) is 0 Å². The van der Waals surface area contributed by atoms with Gasteiger partial charge in [0.1, 0.15) is 0 Å². The maximum absolute atomic E-state index is 12.2. The molecule has 1 aliphatic carbocycles. The minimum atomic E-state index is -0.752. The molecule has 1 saturated carbocycles. The van der Waals surface area contributed by atoms with Crippen molar-refractivity contribution in [3.8, 4) is 0 Å². The van der Waals surface area contributed by atoms with Gasteiger partial charge in [0.2, 0.25) is 5.91 Å². The highest BCUT2D eigenvalue weighted by molar-refractivity contribution is 5.80. The molecule has 2 atom stereocenters. The third-order valence-corrected chi connectivity index (χ3v) is 4.52. The van der Waals surface area contributed by atoms with Crippen LogP contribution in [0.15, 0.2) is 0 Å². The summed E-state index contributed by atoms with van der Waals surface area (Å²) in [5.74, 6) is -0.512. The lowest BCUT2D eigenvalue weighted by atomic mass is 9.80. The van der Waals surface area contributed by atoms with Crippen molar-refractivity contribution >= 4 is 11.9 Å². The Morgan fingerprint density at radius 1 is 1.28 bits per heavy atom. The van der Waals surface area contributed by atoms with Crippen LogP contribution in [0.2, 0.25) is 0 Å². The molecule has 0 aromatic rings. The average Bonchev–Trinajstić information content (AvgIpc) is 2.76. The van der Waals surface area contributed by atoms with Crippen molar-refractivity contribution < 1.29 is 14.7 Å². The summed E-state index contributed by atoms with van der Waals surface area (Å²) in [5.41, 5.74) is 5.16. The van der Waals surface area contributed by atoms with Crippen molar-refractivity contribution in [3.63, 3.8) is 0 Å². The first-order chi connectivity index (χ1) is 8.42. The smallest absolute Gasteiger partial charge is 0.309 e. The lowest BCUT2D eigenvalue weighted by molar-refractivity contribution is -0.153. The second-order valence-corrected chi connectivity index (χ2v) is 5.96. The van der Waals surface area contributed by atoms with Crippen LogP contribution < -0.4 is 5.73 Å². The molecule has 2 aliphatic rings. The Kier molecular flexibility index (Phi) is 3.61. The third kappa shape index (κ3) is 2.51. The quantitative estimate of drug-likeness (QED) is 0.764. The fourth-order valence-corrected chi connectivity index (χ4v) is 2.93. The topological polar surface area (TPSA) is 83.6 Å². The first-order valence-electron chi connectivity index (χ1n) is 6.70. The number of nitrogens with two attached hydrogens (primary N) is 1. The van der Waals surface area contributed by atoms with E-state index in [1.54, 1.807) is 6.92 Å². The molecule has 2 unspecified atom stereocenters. The van der Waals surface area contributed by atoms with E-state index in [2.05, 4.69) is 0 Å². The Balaban J connectivity index is 1.90. The molecular weight excluding hydrogens is 232 g/mol. The molecule has 0 radical (unpaired) electrons. The van der Waals surface area contributed by atoms with Crippen LogP contribution in [0.1, 0.15) is 39.0 Å². The zero-order valence-corrected chi connectivity index (χ0v) is 10.9. The maximum Gasteiger partial charge on any atom is 0.309 e. The van der Waals surface area contributed by atoms with E-state index < -0.39 is 11.4 Å². The minimum absolute atomic E-state index is 0.0641. The Labute approximate surface area is 107 Å². The molecule has 0 aromatic heterocycles. The van der Waals surface area contributed by atoms with E-state index in [1.165, 1.54) is 0 Å². The predicted molar refractivity (Wildman–Crippen MR) is 66.9 cm³/mol. The summed E-state index contributed by atoms with van der Waals surface area (Å²) in [7, 11) is 0. The van der Waals surface area contributed by atoms with Crippen molar-refractivity contribution in [2.45, 2.75) is 45.1 Å². The number of piperidine rings is 1. The van der Waals surface area contributed by atoms with Crippen molar-refractivity contribution in [3.05, 3.63) is 0 Å². The summed E-state index contributed by atoms with van der Waals surface area (Å²) in [5, 5.41) is 9.15. The molecule has 2 fully saturated rings. The van der Waals surface area contributed by atoms with Crippen LogP contribution in [-0.4, -0.2) is 41.0 Å². The molecule has 1 amide bonds. The molecule has 0 aromatic carbocycles. The van der Waals surface area contributed by atoms with Crippen molar-refractivity contribution in [1.29, 1.82) is 0 Å². The molecule has 1 aliphatic heterocycles. The number of rotatable bonds is 2. The van der Waals surface area contributed by atoms with Gasteiger partial charge in [0.25, 0.3) is 0 Å². The Bertz CT molecular complexity index is 348. The molecule has 3 N–H and O–H groups in total. The standard InChI is InChI=1S/C13H22N2O3/c1-13(12(17)18)4-6-15(7-5-13)11(16)9-2-3-10(14)8-9/h9-10H,2-8,14H2,1H3,(H,17,18). The molecule has 2 rings (SSSR count). The Hall–Kier alpha value is -1.10. The van der Waals surface area contributed by atoms with E-state index in [0.717, 1.165) is 19.3 Å². The number of carboxylic acid groups (broad SMARTS) is 1. The van der Waals surface area contributed by atoms with Crippen molar-refractivity contribution in [1.82, 2.24) is 4.90 Å². The molecule has 0 spiro atoms. The second kappa shape index (κ2) is 4.88. The monoisotopic (exact) mass is 254 g/mol. The van der Waals surface area contributed by atoms with Crippen LogP contribution in [0, 0.1) is 11.3 Å². The van der Waals surface area contributed by atoms with Gasteiger partial charge in [-0.2, -0.15) is 0 Å². The summed E-state index contributed by atoms with van der Waals surface area (Å²) in [6.07, 6.45) is 3.69. The van der Waals surface area contributed by atoms with Crippen LogP contribution in [-0.2, 0) is 9.59 Å². The zero-order chi connectivity index (χ0) is 13.3. The van der Waals surface area contributed by atoms with Gasteiger partial charge in [0.15, 0.2) is 0 Å². The van der Waals surface area contributed by atoms with Gasteiger partial charge in [0.05, 0.1) is 5.41 Å². The molecular formula is C13H22N2O3. The fourth-order valence-electron chi connectivity index (χ4n) is 2.93. The first kappa shape index (κ1) is 13.3. The molecule has 18 heavy (non-hydrogen) atoms. The minimum Gasteiger partial charge on any atom is -0.481 e. The largest absolute Gasteiger partial charge is 0.481 e. The highest BCUT2D eigenvalue weighted by Gasteiger charge is 2.40. The van der Waals surface area contributed by atoms with Gasteiger partial charge in [0, 0.05) is 25.0 Å².